The van der Waals surface area contributed by atoms with E-state index in [9.17, 15) is 0 Å². The van der Waals surface area contributed by atoms with Crippen LogP contribution in [0.4, 0.5) is 0 Å². The van der Waals surface area contributed by atoms with Gasteiger partial charge >= 0.3 is 0 Å². The average Bonchev–Trinajstić information content (AvgIpc) is 2.40. The van der Waals surface area contributed by atoms with Crippen molar-refractivity contribution in [1.29, 1.82) is 0 Å². The van der Waals surface area contributed by atoms with Crippen molar-refractivity contribution < 1.29 is 0 Å². The second kappa shape index (κ2) is 5.70. The molecule has 0 aromatic rings. The molecule has 0 N–H and O–H groups in total. The minimum Gasteiger partial charge on any atom is -0.127 e. The standard InChI is InChI=1S/C8H14S.C2H6/c1-6(2)8-5-4-7(3)9-8;1-2/h5-7H,4H2,1-3H3;1-2H3. The Hall–Kier alpha value is 0.0900. The molecule has 0 bridgehead atoms. The van der Waals surface area contributed by atoms with Crippen molar-refractivity contribution in [2.45, 2.75) is 46.3 Å². The second-order valence-corrected chi connectivity index (χ2v) is 4.44. The number of thioether (sulfide) groups is 1. The van der Waals surface area contributed by atoms with Crippen LogP contribution in [0.15, 0.2) is 11.0 Å². The van der Waals surface area contributed by atoms with E-state index in [2.05, 4.69) is 26.8 Å². The van der Waals surface area contributed by atoms with Crippen molar-refractivity contribution in [3.63, 3.8) is 0 Å². The van der Waals surface area contributed by atoms with Gasteiger partial charge in [-0.3, -0.25) is 0 Å². The van der Waals surface area contributed by atoms with Gasteiger partial charge < -0.3 is 0 Å². The largest absolute Gasteiger partial charge is 0.127 e. The van der Waals surface area contributed by atoms with Crippen molar-refractivity contribution >= 4 is 11.8 Å². The fraction of sp³-hybridized carbons (Fsp3) is 0.800. The van der Waals surface area contributed by atoms with Gasteiger partial charge in [0, 0.05) is 5.25 Å². The molecule has 1 unspecified atom stereocenters. The molecule has 0 saturated carbocycles. The lowest BCUT2D eigenvalue weighted by molar-refractivity contribution is 0.816. The molecule has 11 heavy (non-hydrogen) atoms. The number of hydrogen-bond donors (Lipinski definition) is 0. The fourth-order valence-corrected chi connectivity index (χ4v) is 2.10. The Morgan fingerprint density at radius 3 is 2.18 bits per heavy atom. The van der Waals surface area contributed by atoms with E-state index in [0.29, 0.717) is 0 Å². The molecule has 1 heterocycles. The summed E-state index contributed by atoms with van der Waals surface area (Å²) in [5, 5.41) is 0.836. The van der Waals surface area contributed by atoms with Crippen molar-refractivity contribution in [2.75, 3.05) is 0 Å². The zero-order chi connectivity index (χ0) is 8.85. The maximum absolute atomic E-state index is 2.38. The van der Waals surface area contributed by atoms with Crippen LogP contribution in [0.3, 0.4) is 0 Å². The molecule has 0 amide bonds. The molecule has 0 spiro atoms. The van der Waals surface area contributed by atoms with Gasteiger partial charge in [0.25, 0.3) is 0 Å². The zero-order valence-electron chi connectivity index (χ0n) is 8.35. The van der Waals surface area contributed by atoms with Crippen molar-refractivity contribution in [2.24, 2.45) is 5.92 Å². The lowest BCUT2D eigenvalue weighted by atomic mass is 10.2. The van der Waals surface area contributed by atoms with Crippen LogP contribution in [0.2, 0.25) is 0 Å². The first-order valence-electron chi connectivity index (χ1n) is 4.57. The molecule has 0 nitrogen and oxygen atoms in total. The highest BCUT2D eigenvalue weighted by molar-refractivity contribution is 8.03. The fourth-order valence-electron chi connectivity index (χ4n) is 0.982. The maximum Gasteiger partial charge on any atom is 0.00977 e. The Kier molecular flexibility index (Phi) is 5.75. The first-order chi connectivity index (χ1) is 5.20. The molecule has 1 aliphatic rings. The summed E-state index contributed by atoms with van der Waals surface area (Å²) in [6.07, 6.45) is 3.65. The third-order valence-electron chi connectivity index (χ3n) is 1.56. The number of rotatable bonds is 1. The van der Waals surface area contributed by atoms with Crippen LogP contribution < -0.4 is 0 Å². The minimum atomic E-state index is 0.750. The molecule has 1 heteroatoms. The van der Waals surface area contributed by atoms with Gasteiger partial charge in [0.05, 0.1) is 0 Å². The molecule has 0 aromatic carbocycles. The summed E-state index contributed by atoms with van der Waals surface area (Å²) in [5.41, 5.74) is 0. The zero-order valence-corrected chi connectivity index (χ0v) is 9.16. The van der Waals surface area contributed by atoms with E-state index in [1.165, 1.54) is 6.42 Å². The maximum atomic E-state index is 2.38. The van der Waals surface area contributed by atoms with E-state index in [1.54, 1.807) is 4.91 Å². The Morgan fingerprint density at radius 2 is 2.00 bits per heavy atom. The van der Waals surface area contributed by atoms with Crippen LogP contribution in [0.25, 0.3) is 0 Å². The molecule has 1 aliphatic heterocycles. The Morgan fingerprint density at radius 1 is 1.45 bits per heavy atom. The molecule has 0 aliphatic carbocycles. The van der Waals surface area contributed by atoms with Gasteiger partial charge in [-0.2, -0.15) is 0 Å². The molecule has 0 saturated heterocycles. The van der Waals surface area contributed by atoms with E-state index < -0.39 is 0 Å². The molecule has 0 aromatic heterocycles. The highest BCUT2D eigenvalue weighted by Crippen LogP contribution is 2.36. The third kappa shape index (κ3) is 3.85. The summed E-state index contributed by atoms with van der Waals surface area (Å²) >= 11 is 2.03. The van der Waals surface area contributed by atoms with Crippen LogP contribution in [0, 0.1) is 5.92 Å². The van der Waals surface area contributed by atoms with Gasteiger partial charge in [-0.1, -0.05) is 40.7 Å². The molecule has 1 rings (SSSR count). The van der Waals surface area contributed by atoms with Gasteiger partial charge in [-0.05, 0) is 17.2 Å². The van der Waals surface area contributed by atoms with Crippen LogP contribution in [0.1, 0.15) is 41.0 Å². The quantitative estimate of drug-likeness (QED) is 0.574. The van der Waals surface area contributed by atoms with Gasteiger partial charge in [-0.15, -0.1) is 11.8 Å². The van der Waals surface area contributed by atoms with Crippen LogP contribution in [-0.4, -0.2) is 5.25 Å². The van der Waals surface area contributed by atoms with E-state index in [0.717, 1.165) is 11.2 Å². The molecule has 0 radical (unpaired) electrons. The van der Waals surface area contributed by atoms with Gasteiger partial charge in [0.15, 0.2) is 0 Å². The Balaban J connectivity index is 0.000000461. The summed E-state index contributed by atoms with van der Waals surface area (Å²) in [6, 6.07) is 0. The summed E-state index contributed by atoms with van der Waals surface area (Å²) in [6.45, 7) is 10.8. The molecule has 0 fully saturated rings. The predicted molar refractivity (Wildman–Crippen MR) is 55.9 cm³/mol. The third-order valence-corrected chi connectivity index (χ3v) is 3.06. The Bertz CT molecular complexity index is 125. The SMILES string of the molecule is CC.CC1CC=C(C(C)C)S1. The van der Waals surface area contributed by atoms with Crippen molar-refractivity contribution in [3.8, 4) is 0 Å². The lowest BCUT2D eigenvalue weighted by Gasteiger charge is -2.05. The highest BCUT2D eigenvalue weighted by atomic mass is 32.2. The summed E-state index contributed by atoms with van der Waals surface area (Å²) in [4.78, 5) is 1.59. The van der Waals surface area contributed by atoms with Crippen LogP contribution in [-0.2, 0) is 0 Å². The number of hydrogen-bond acceptors (Lipinski definition) is 1. The summed E-state index contributed by atoms with van der Waals surface area (Å²) < 4.78 is 0. The van der Waals surface area contributed by atoms with E-state index in [-0.39, 0.29) is 0 Å². The monoisotopic (exact) mass is 172 g/mol. The smallest absolute Gasteiger partial charge is 0.00977 e. The van der Waals surface area contributed by atoms with E-state index >= 15 is 0 Å². The van der Waals surface area contributed by atoms with E-state index in [4.69, 9.17) is 0 Å². The lowest BCUT2D eigenvalue weighted by Crippen LogP contribution is -1.88. The minimum absolute atomic E-state index is 0.750. The molecule has 1 atom stereocenters. The van der Waals surface area contributed by atoms with Crippen molar-refractivity contribution in [1.82, 2.24) is 0 Å². The summed E-state index contributed by atoms with van der Waals surface area (Å²) in [7, 11) is 0. The van der Waals surface area contributed by atoms with E-state index in [1.807, 2.05) is 25.6 Å². The predicted octanol–water partition coefficient (Wildman–Crippen LogP) is 4.08. The van der Waals surface area contributed by atoms with Gasteiger partial charge in [0.2, 0.25) is 0 Å². The first-order valence-corrected chi connectivity index (χ1v) is 5.45. The van der Waals surface area contributed by atoms with Crippen molar-refractivity contribution in [3.05, 3.63) is 11.0 Å². The molecular formula is C10H20S. The van der Waals surface area contributed by atoms with Crippen LogP contribution in [0.5, 0.6) is 0 Å². The highest BCUT2D eigenvalue weighted by Gasteiger charge is 2.14. The second-order valence-electron chi connectivity index (χ2n) is 2.93. The van der Waals surface area contributed by atoms with Crippen LogP contribution >= 0.6 is 11.8 Å². The normalized spacial score (nSPS) is 22.7. The number of allylic oxidation sites excluding steroid dienone is 2. The van der Waals surface area contributed by atoms with Gasteiger partial charge in [0.1, 0.15) is 0 Å². The average molecular weight is 172 g/mol. The topological polar surface area (TPSA) is 0 Å². The molecule has 66 valence electrons. The van der Waals surface area contributed by atoms with Gasteiger partial charge in [-0.25, -0.2) is 0 Å². The first kappa shape index (κ1) is 11.1. The summed E-state index contributed by atoms with van der Waals surface area (Å²) in [5.74, 6) is 0.750. The molecular weight excluding hydrogens is 152 g/mol. The Labute approximate surface area is 75.5 Å².